The molecule has 0 spiro atoms. The third-order valence-corrected chi connectivity index (χ3v) is 2.41. The highest BCUT2D eigenvalue weighted by Crippen LogP contribution is 2.27. The van der Waals surface area contributed by atoms with Crippen molar-refractivity contribution in [2.45, 2.75) is 52.7 Å². The molecule has 0 aromatic carbocycles. The zero-order chi connectivity index (χ0) is 11.5. The Morgan fingerprint density at radius 2 is 2.20 bits per heavy atom. The summed E-state index contributed by atoms with van der Waals surface area (Å²) >= 11 is 0. The van der Waals surface area contributed by atoms with E-state index < -0.39 is 5.60 Å². The van der Waals surface area contributed by atoms with Gasteiger partial charge in [0.05, 0.1) is 11.9 Å². The number of aromatic nitrogens is 3. The van der Waals surface area contributed by atoms with Gasteiger partial charge in [0.25, 0.3) is 0 Å². The fourth-order valence-corrected chi connectivity index (χ4v) is 1.95. The summed E-state index contributed by atoms with van der Waals surface area (Å²) in [5.41, 5.74) is -0.00891. The summed E-state index contributed by atoms with van der Waals surface area (Å²) in [7, 11) is 0. The molecule has 1 aromatic rings. The number of nitrogens with zero attached hydrogens (tertiary/aromatic N) is 3. The Labute approximate surface area is 91.3 Å². The van der Waals surface area contributed by atoms with E-state index in [-0.39, 0.29) is 0 Å². The summed E-state index contributed by atoms with van der Waals surface area (Å²) in [5, 5.41) is 18.2. The maximum absolute atomic E-state index is 10.4. The van der Waals surface area contributed by atoms with Crippen molar-refractivity contribution in [1.82, 2.24) is 15.0 Å². The van der Waals surface area contributed by atoms with Gasteiger partial charge in [-0.15, -0.1) is 5.10 Å². The van der Waals surface area contributed by atoms with Crippen LogP contribution in [0.15, 0.2) is 6.20 Å². The van der Waals surface area contributed by atoms with Crippen LogP contribution in [0.25, 0.3) is 0 Å². The van der Waals surface area contributed by atoms with Gasteiger partial charge < -0.3 is 5.11 Å². The molecule has 0 amide bonds. The van der Waals surface area contributed by atoms with Gasteiger partial charge in [-0.2, -0.15) is 0 Å². The SMILES string of the molecule is CCCn1nncc1C(C)(O)CC(C)C. The van der Waals surface area contributed by atoms with Crippen molar-refractivity contribution in [3.05, 3.63) is 11.9 Å². The maximum atomic E-state index is 10.4. The van der Waals surface area contributed by atoms with Crippen LogP contribution in [0.2, 0.25) is 0 Å². The second kappa shape index (κ2) is 4.75. The standard InChI is InChI=1S/C11H21N3O/c1-5-6-14-10(8-12-13-14)11(4,15)7-9(2)3/h8-9,15H,5-7H2,1-4H3. The molecule has 4 nitrogen and oxygen atoms in total. The minimum atomic E-state index is -0.827. The van der Waals surface area contributed by atoms with E-state index in [2.05, 4.69) is 31.1 Å². The summed E-state index contributed by atoms with van der Waals surface area (Å²) in [6.45, 7) is 8.93. The molecular weight excluding hydrogens is 190 g/mol. The molecule has 15 heavy (non-hydrogen) atoms. The first-order chi connectivity index (χ1) is 6.97. The minimum Gasteiger partial charge on any atom is -0.384 e. The zero-order valence-corrected chi connectivity index (χ0v) is 10.1. The predicted molar refractivity (Wildman–Crippen MR) is 59.3 cm³/mol. The molecule has 0 aliphatic heterocycles. The number of aryl methyl sites for hydroxylation is 1. The highest BCUT2D eigenvalue weighted by atomic mass is 16.3. The molecule has 1 rings (SSSR count). The number of hydrogen-bond donors (Lipinski definition) is 1. The van der Waals surface area contributed by atoms with Gasteiger partial charge >= 0.3 is 0 Å². The lowest BCUT2D eigenvalue weighted by Gasteiger charge is -2.25. The first-order valence-electron chi connectivity index (χ1n) is 5.58. The monoisotopic (exact) mass is 211 g/mol. The second-order valence-corrected chi connectivity index (χ2v) is 4.71. The van der Waals surface area contributed by atoms with Gasteiger partial charge in [0, 0.05) is 6.54 Å². The van der Waals surface area contributed by atoms with Crippen molar-refractivity contribution < 1.29 is 5.11 Å². The molecule has 1 N–H and O–H groups in total. The number of hydrogen-bond acceptors (Lipinski definition) is 3. The van der Waals surface area contributed by atoms with Crippen molar-refractivity contribution >= 4 is 0 Å². The normalized spacial score (nSPS) is 15.6. The van der Waals surface area contributed by atoms with Crippen LogP contribution in [0.1, 0.15) is 46.2 Å². The first-order valence-corrected chi connectivity index (χ1v) is 5.58. The summed E-state index contributed by atoms with van der Waals surface area (Å²) in [4.78, 5) is 0. The largest absolute Gasteiger partial charge is 0.384 e. The van der Waals surface area contributed by atoms with Gasteiger partial charge in [-0.25, -0.2) is 4.68 Å². The lowest BCUT2D eigenvalue weighted by Crippen LogP contribution is -2.27. The van der Waals surface area contributed by atoms with Crippen LogP contribution in [-0.2, 0) is 12.1 Å². The molecule has 0 aliphatic rings. The third kappa shape index (κ3) is 3.02. The van der Waals surface area contributed by atoms with Crippen LogP contribution >= 0.6 is 0 Å². The van der Waals surface area contributed by atoms with E-state index in [0.29, 0.717) is 5.92 Å². The molecule has 0 saturated heterocycles. The third-order valence-electron chi connectivity index (χ3n) is 2.41. The molecule has 86 valence electrons. The second-order valence-electron chi connectivity index (χ2n) is 4.71. The minimum absolute atomic E-state index is 0.449. The van der Waals surface area contributed by atoms with E-state index in [1.165, 1.54) is 0 Å². The lowest BCUT2D eigenvalue weighted by molar-refractivity contribution is 0.0258. The predicted octanol–water partition coefficient (Wildman–Crippen LogP) is 1.94. The van der Waals surface area contributed by atoms with Gasteiger partial charge in [-0.3, -0.25) is 0 Å². The fourth-order valence-electron chi connectivity index (χ4n) is 1.95. The van der Waals surface area contributed by atoms with E-state index in [4.69, 9.17) is 0 Å². The van der Waals surface area contributed by atoms with Gasteiger partial charge in [-0.05, 0) is 25.7 Å². The van der Waals surface area contributed by atoms with Gasteiger partial charge in [-0.1, -0.05) is 26.0 Å². The van der Waals surface area contributed by atoms with Crippen LogP contribution in [0.4, 0.5) is 0 Å². The Balaban J connectivity index is 2.88. The Morgan fingerprint density at radius 3 is 2.73 bits per heavy atom. The van der Waals surface area contributed by atoms with Crippen LogP contribution in [0.5, 0.6) is 0 Å². The molecule has 0 radical (unpaired) electrons. The molecule has 1 unspecified atom stereocenters. The highest BCUT2D eigenvalue weighted by Gasteiger charge is 2.28. The van der Waals surface area contributed by atoms with E-state index in [1.807, 2.05) is 6.92 Å². The van der Waals surface area contributed by atoms with Crippen LogP contribution in [-0.4, -0.2) is 20.1 Å². The number of rotatable bonds is 5. The van der Waals surface area contributed by atoms with Crippen LogP contribution < -0.4 is 0 Å². The van der Waals surface area contributed by atoms with E-state index in [0.717, 1.165) is 25.1 Å². The molecular formula is C11H21N3O. The van der Waals surface area contributed by atoms with E-state index in [1.54, 1.807) is 10.9 Å². The molecule has 0 aliphatic carbocycles. The molecule has 0 saturated carbocycles. The highest BCUT2D eigenvalue weighted by molar-refractivity contribution is 5.06. The molecule has 1 heterocycles. The quantitative estimate of drug-likeness (QED) is 0.809. The topological polar surface area (TPSA) is 50.9 Å². The molecule has 1 atom stereocenters. The Hall–Kier alpha value is -0.900. The maximum Gasteiger partial charge on any atom is 0.105 e. The zero-order valence-electron chi connectivity index (χ0n) is 10.1. The summed E-state index contributed by atoms with van der Waals surface area (Å²) in [6.07, 6.45) is 3.39. The first kappa shape index (κ1) is 12.2. The average molecular weight is 211 g/mol. The summed E-state index contributed by atoms with van der Waals surface area (Å²) in [6, 6.07) is 0. The summed E-state index contributed by atoms with van der Waals surface area (Å²) in [5.74, 6) is 0.449. The molecule has 0 fully saturated rings. The lowest BCUT2D eigenvalue weighted by atomic mass is 9.91. The van der Waals surface area contributed by atoms with Crippen molar-refractivity contribution in [2.75, 3.05) is 0 Å². The van der Waals surface area contributed by atoms with E-state index >= 15 is 0 Å². The fraction of sp³-hybridized carbons (Fsp3) is 0.818. The van der Waals surface area contributed by atoms with Gasteiger partial charge in [0.2, 0.25) is 0 Å². The van der Waals surface area contributed by atoms with Gasteiger partial charge in [0.15, 0.2) is 0 Å². The average Bonchev–Trinajstić information content (AvgIpc) is 2.51. The molecule has 0 bridgehead atoms. The Kier molecular flexibility index (Phi) is 3.85. The molecule has 1 aromatic heterocycles. The van der Waals surface area contributed by atoms with Crippen molar-refractivity contribution in [3.8, 4) is 0 Å². The van der Waals surface area contributed by atoms with Crippen LogP contribution in [0, 0.1) is 5.92 Å². The van der Waals surface area contributed by atoms with Crippen molar-refractivity contribution in [1.29, 1.82) is 0 Å². The van der Waals surface area contributed by atoms with E-state index in [9.17, 15) is 5.11 Å². The van der Waals surface area contributed by atoms with Gasteiger partial charge in [0.1, 0.15) is 5.60 Å². The smallest absolute Gasteiger partial charge is 0.105 e. The summed E-state index contributed by atoms with van der Waals surface area (Å²) < 4.78 is 1.79. The number of aliphatic hydroxyl groups is 1. The Morgan fingerprint density at radius 1 is 1.53 bits per heavy atom. The van der Waals surface area contributed by atoms with Crippen LogP contribution in [0.3, 0.4) is 0 Å². The van der Waals surface area contributed by atoms with Crippen molar-refractivity contribution in [2.24, 2.45) is 5.92 Å². The molecule has 4 heteroatoms. The Bertz CT molecular complexity index is 305. The van der Waals surface area contributed by atoms with Crippen molar-refractivity contribution in [3.63, 3.8) is 0 Å².